The van der Waals surface area contributed by atoms with Gasteiger partial charge in [-0.25, -0.2) is 9.64 Å². The summed E-state index contributed by atoms with van der Waals surface area (Å²) in [6, 6.07) is 7.32. The molecule has 0 unspecified atom stereocenters. The molecule has 1 aliphatic rings. The van der Waals surface area contributed by atoms with Gasteiger partial charge in [-0.05, 0) is 58.7 Å². The van der Waals surface area contributed by atoms with Crippen LogP contribution in [0.4, 0.5) is 10.5 Å². The van der Waals surface area contributed by atoms with Gasteiger partial charge in [0.2, 0.25) is 0 Å². The van der Waals surface area contributed by atoms with Crippen LogP contribution in [0.2, 0.25) is 0 Å². The molecule has 0 saturated carbocycles. The number of rotatable bonds is 12. The number of carbonyl (C=O) groups is 1. The Bertz CT molecular complexity index is 701. The van der Waals surface area contributed by atoms with Crippen LogP contribution in [0, 0.1) is 6.57 Å². The quantitative estimate of drug-likeness (QED) is 0.374. The topological polar surface area (TPSA) is 58.4 Å². The molecule has 32 heavy (non-hydrogen) atoms. The molecule has 1 N–H and O–H groups in total. The van der Waals surface area contributed by atoms with Crippen molar-refractivity contribution >= 4 is 11.8 Å². The number of alkyl carbamates (subject to hydrolysis) is 1. The first-order valence-corrected chi connectivity index (χ1v) is 11.9. The van der Waals surface area contributed by atoms with Gasteiger partial charge < -0.3 is 24.6 Å². The van der Waals surface area contributed by atoms with Crippen LogP contribution in [0.1, 0.15) is 52.9 Å². The zero-order valence-corrected chi connectivity index (χ0v) is 20.1. The third kappa shape index (κ3) is 11.4. The van der Waals surface area contributed by atoms with Gasteiger partial charge in [-0.15, -0.1) is 0 Å². The highest BCUT2D eigenvalue weighted by atomic mass is 16.6. The van der Waals surface area contributed by atoms with E-state index in [2.05, 4.69) is 20.0 Å². The number of ether oxygens (including phenoxy) is 2. The Morgan fingerprint density at radius 1 is 0.969 bits per heavy atom. The minimum absolute atomic E-state index is 0.322. The monoisotopic (exact) mass is 444 g/mol. The molecule has 0 bridgehead atoms. The van der Waals surface area contributed by atoms with E-state index in [9.17, 15) is 4.79 Å². The summed E-state index contributed by atoms with van der Waals surface area (Å²) >= 11 is 0. The molecule has 0 spiro atoms. The fourth-order valence-corrected chi connectivity index (χ4v) is 3.65. The first kappa shape index (κ1) is 26.0. The summed E-state index contributed by atoms with van der Waals surface area (Å²) in [6.45, 7) is 20.8. The van der Waals surface area contributed by atoms with E-state index >= 15 is 0 Å². The SMILES string of the molecule is [C-]#[N+]c1ccc(OCCCN2CCN(CCCCCCNC(=O)OC(C)(C)C)CC2)cc1. The first-order valence-electron chi connectivity index (χ1n) is 11.9. The normalized spacial score (nSPS) is 15.2. The summed E-state index contributed by atoms with van der Waals surface area (Å²) in [4.78, 5) is 20.1. The van der Waals surface area contributed by atoms with Crippen LogP contribution < -0.4 is 10.1 Å². The highest BCUT2D eigenvalue weighted by Gasteiger charge is 2.16. The smallest absolute Gasteiger partial charge is 0.407 e. The van der Waals surface area contributed by atoms with E-state index in [4.69, 9.17) is 16.0 Å². The number of nitrogens with zero attached hydrogens (tertiary/aromatic N) is 3. The molecule has 0 radical (unpaired) electrons. The number of unbranched alkanes of at least 4 members (excludes halogenated alkanes) is 3. The molecule has 7 nitrogen and oxygen atoms in total. The molecule has 1 amide bonds. The Balaban J connectivity index is 1.42. The first-order chi connectivity index (χ1) is 15.4. The van der Waals surface area contributed by atoms with Crippen molar-refractivity contribution in [3.63, 3.8) is 0 Å². The van der Waals surface area contributed by atoms with E-state index in [1.54, 1.807) is 12.1 Å². The maximum atomic E-state index is 11.6. The average molecular weight is 445 g/mol. The Labute approximate surface area is 193 Å². The predicted molar refractivity (Wildman–Crippen MR) is 128 cm³/mol. The molecule has 0 aromatic heterocycles. The van der Waals surface area contributed by atoms with E-state index in [0.29, 0.717) is 18.8 Å². The molecule has 0 aliphatic carbocycles. The largest absolute Gasteiger partial charge is 0.494 e. The average Bonchev–Trinajstić information content (AvgIpc) is 2.76. The molecule has 1 fully saturated rings. The molecule has 1 saturated heterocycles. The van der Waals surface area contributed by atoms with Crippen LogP contribution in [0.15, 0.2) is 24.3 Å². The highest BCUT2D eigenvalue weighted by Crippen LogP contribution is 2.18. The third-order valence-corrected chi connectivity index (χ3v) is 5.39. The number of piperazine rings is 1. The van der Waals surface area contributed by atoms with Crippen LogP contribution in [-0.2, 0) is 4.74 Å². The summed E-state index contributed by atoms with van der Waals surface area (Å²) in [5, 5.41) is 2.82. The zero-order valence-electron chi connectivity index (χ0n) is 20.1. The lowest BCUT2D eigenvalue weighted by atomic mass is 10.1. The summed E-state index contributed by atoms with van der Waals surface area (Å²) in [7, 11) is 0. The molecule has 1 aliphatic heterocycles. The van der Waals surface area contributed by atoms with E-state index in [1.807, 2.05) is 32.9 Å². The minimum Gasteiger partial charge on any atom is -0.494 e. The lowest BCUT2D eigenvalue weighted by molar-refractivity contribution is 0.0527. The van der Waals surface area contributed by atoms with Gasteiger partial charge in [0.25, 0.3) is 0 Å². The molecular formula is C25H40N4O3. The van der Waals surface area contributed by atoms with Gasteiger partial charge in [-0.1, -0.05) is 25.0 Å². The van der Waals surface area contributed by atoms with Gasteiger partial charge >= 0.3 is 6.09 Å². The second-order valence-electron chi connectivity index (χ2n) is 9.33. The van der Waals surface area contributed by atoms with E-state index in [-0.39, 0.29) is 6.09 Å². The van der Waals surface area contributed by atoms with Gasteiger partial charge in [-0.3, -0.25) is 0 Å². The van der Waals surface area contributed by atoms with Crippen molar-refractivity contribution in [1.29, 1.82) is 0 Å². The summed E-state index contributed by atoms with van der Waals surface area (Å²) in [5.74, 6) is 0.836. The van der Waals surface area contributed by atoms with Crippen molar-refractivity contribution in [3.8, 4) is 5.75 Å². The van der Waals surface area contributed by atoms with Crippen LogP contribution in [0.3, 0.4) is 0 Å². The predicted octanol–water partition coefficient (Wildman–Crippen LogP) is 4.71. The Hall–Kier alpha value is -2.30. The fraction of sp³-hybridized carbons (Fsp3) is 0.680. The number of hydrogen-bond acceptors (Lipinski definition) is 5. The van der Waals surface area contributed by atoms with Crippen molar-refractivity contribution < 1.29 is 14.3 Å². The highest BCUT2D eigenvalue weighted by molar-refractivity contribution is 5.67. The van der Waals surface area contributed by atoms with E-state index in [1.165, 1.54) is 12.8 Å². The lowest BCUT2D eigenvalue weighted by Gasteiger charge is -2.34. The van der Waals surface area contributed by atoms with Gasteiger partial charge in [0.15, 0.2) is 5.69 Å². The standard InChI is InChI=1S/C25H40N4O3/c1-25(2,3)32-24(30)27-14-7-5-6-8-15-28-17-19-29(20-18-28)16-9-21-31-23-12-10-22(26-4)11-13-23/h10-13H,5-9,14-21H2,1-3H3,(H,27,30). The second kappa shape index (κ2) is 14.0. The maximum Gasteiger partial charge on any atom is 0.407 e. The number of hydrogen-bond donors (Lipinski definition) is 1. The maximum absolute atomic E-state index is 11.6. The third-order valence-electron chi connectivity index (χ3n) is 5.39. The minimum atomic E-state index is -0.436. The van der Waals surface area contributed by atoms with Crippen LogP contribution in [0.5, 0.6) is 5.75 Å². The Morgan fingerprint density at radius 2 is 1.56 bits per heavy atom. The molecule has 1 aromatic carbocycles. The van der Waals surface area contributed by atoms with Crippen molar-refractivity contribution in [2.75, 3.05) is 52.4 Å². The summed E-state index contributed by atoms with van der Waals surface area (Å²) in [5.41, 5.74) is 0.208. The van der Waals surface area contributed by atoms with Crippen molar-refractivity contribution in [3.05, 3.63) is 35.7 Å². The number of carbonyl (C=O) groups excluding carboxylic acids is 1. The molecule has 2 rings (SSSR count). The van der Waals surface area contributed by atoms with Gasteiger partial charge in [-0.2, -0.15) is 0 Å². The van der Waals surface area contributed by atoms with Crippen molar-refractivity contribution in [2.24, 2.45) is 0 Å². The lowest BCUT2D eigenvalue weighted by Crippen LogP contribution is -2.46. The number of benzene rings is 1. The molecule has 0 atom stereocenters. The van der Waals surface area contributed by atoms with Gasteiger partial charge in [0.1, 0.15) is 11.4 Å². The molecular weight excluding hydrogens is 404 g/mol. The molecule has 1 heterocycles. The fourth-order valence-electron chi connectivity index (χ4n) is 3.65. The molecule has 178 valence electrons. The van der Waals surface area contributed by atoms with Crippen molar-refractivity contribution in [2.45, 2.75) is 58.5 Å². The number of amides is 1. The Kier molecular flexibility index (Phi) is 11.3. The molecule has 1 aromatic rings. The summed E-state index contributed by atoms with van der Waals surface area (Å²) < 4.78 is 11.0. The van der Waals surface area contributed by atoms with Crippen LogP contribution >= 0.6 is 0 Å². The molecule has 7 heteroatoms. The van der Waals surface area contributed by atoms with Gasteiger partial charge in [0, 0.05) is 39.3 Å². The van der Waals surface area contributed by atoms with Crippen LogP contribution in [-0.4, -0.2) is 73.9 Å². The number of nitrogens with one attached hydrogen (secondary N) is 1. The van der Waals surface area contributed by atoms with Crippen molar-refractivity contribution in [1.82, 2.24) is 15.1 Å². The summed E-state index contributed by atoms with van der Waals surface area (Å²) in [6.07, 6.45) is 5.24. The van der Waals surface area contributed by atoms with Crippen LogP contribution in [0.25, 0.3) is 4.85 Å². The van der Waals surface area contributed by atoms with E-state index in [0.717, 1.165) is 64.3 Å². The Morgan fingerprint density at radius 3 is 2.16 bits per heavy atom. The zero-order chi connectivity index (χ0) is 23.2. The van der Waals surface area contributed by atoms with E-state index < -0.39 is 5.60 Å². The second-order valence-corrected chi connectivity index (χ2v) is 9.33. The van der Waals surface area contributed by atoms with Gasteiger partial charge in [0.05, 0.1) is 13.2 Å².